The monoisotopic (exact) mass is 413 g/mol. The quantitative estimate of drug-likeness (QED) is 0.681. The molecule has 2 heterocycles. The number of hydrogen-bond donors (Lipinski definition) is 0. The standard InChI is InChI=1S/C18H26ClN4O3S/c1-21(2)27(25,26)23-11-9-22(10-12-23)17-13-15(7-8-20-17)18(24)14-3-5-16(19)6-4-14/h3-6,15,17H,7-13H2,1-2H3/t15?,17-/m1/s1. The van der Waals surface area contributed by atoms with E-state index >= 15 is 0 Å². The van der Waals surface area contributed by atoms with Gasteiger partial charge in [-0.25, -0.2) is 5.32 Å². The Morgan fingerprint density at radius 2 is 1.78 bits per heavy atom. The molecule has 0 aliphatic carbocycles. The van der Waals surface area contributed by atoms with E-state index < -0.39 is 10.2 Å². The van der Waals surface area contributed by atoms with Crippen molar-refractivity contribution in [2.24, 2.45) is 5.92 Å². The number of piperazine rings is 1. The molecule has 9 heteroatoms. The van der Waals surface area contributed by atoms with E-state index in [1.165, 1.54) is 8.61 Å². The van der Waals surface area contributed by atoms with Gasteiger partial charge < -0.3 is 0 Å². The number of carbonyl (C=O) groups excluding carboxylic acids is 1. The number of hydrogen-bond acceptors (Lipinski definition) is 4. The molecular weight excluding hydrogens is 388 g/mol. The molecule has 0 bridgehead atoms. The van der Waals surface area contributed by atoms with Crippen molar-refractivity contribution in [1.29, 1.82) is 0 Å². The zero-order chi connectivity index (χ0) is 19.6. The molecule has 7 nitrogen and oxygen atoms in total. The van der Waals surface area contributed by atoms with Gasteiger partial charge in [-0.15, -0.1) is 0 Å². The minimum atomic E-state index is -3.37. The molecule has 27 heavy (non-hydrogen) atoms. The minimum absolute atomic E-state index is 0.0239. The highest BCUT2D eigenvalue weighted by atomic mass is 35.5. The van der Waals surface area contributed by atoms with Gasteiger partial charge in [0.2, 0.25) is 0 Å². The minimum Gasteiger partial charge on any atom is -0.294 e. The Morgan fingerprint density at radius 3 is 2.37 bits per heavy atom. The first-order valence-electron chi connectivity index (χ1n) is 9.17. The Morgan fingerprint density at radius 1 is 1.15 bits per heavy atom. The molecular formula is C18H26ClN4O3S. The van der Waals surface area contributed by atoms with E-state index in [1.807, 2.05) is 0 Å². The lowest BCUT2D eigenvalue weighted by molar-refractivity contribution is 0.0632. The van der Waals surface area contributed by atoms with Crippen LogP contribution in [0.4, 0.5) is 0 Å². The normalized spacial score (nSPS) is 25.6. The summed E-state index contributed by atoms with van der Waals surface area (Å²) in [6.45, 7) is 2.81. The third kappa shape index (κ3) is 4.70. The van der Waals surface area contributed by atoms with Crippen LogP contribution in [0.5, 0.6) is 0 Å². The third-order valence-corrected chi connectivity index (χ3v) is 7.49. The molecule has 1 radical (unpaired) electrons. The summed E-state index contributed by atoms with van der Waals surface area (Å²) in [5.41, 5.74) is 0.687. The number of piperidine rings is 1. The highest BCUT2D eigenvalue weighted by Gasteiger charge is 2.35. The van der Waals surface area contributed by atoms with E-state index in [9.17, 15) is 13.2 Å². The van der Waals surface area contributed by atoms with Gasteiger partial charge in [-0.1, -0.05) is 11.6 Å². The topological polar surface area (TPSA) is 75.0 Å². The molecule has 2 fully saturated rings. The second-order valence-corrected chi connectivity index (χ2v) is 9.78. The maximum Gasteiger partial charge on any atom is 0.281 e. The van der Waals surface area contributed by atoms with Crippen LogP contribution in [0.2, 0.25) is 5.02 Å². The van der Waals surface area contributed by atoms with Crippen molar-refractivity contribution in [3.05, 3.63) is 34.9 Å². The molecule has 2 aliphatic heterocycles. The lowest BCUT2D eigenvalue weighted by atomic mass is 9.87. The molecule has 1 aromatic rings. The van der Waals surface area contributed by atoms with E-state index in [2.05, 4.69) is 4.90 Å². The Kier molecular flexibility index (Phi) is 6.55. The van der Waals surface area contributed by atoms with Gasteiger partial charge >= 0.3 is 0 Å². The largest absolute Gasteiger partial charge is 0.294 e. The van der Waals surface area contributed by atoms with Crippen LogP contribution in [0.15, 0.2) is 24.3 Å². The van der Waals surface area contributed by atoms with Crippen molar-refractivity contribution in [1.82, 2.24) is 18.8 Å². The molecule has 1 unspecified atom stereocenters. The fraction of sp³-hybridized carbons (Fsp3) is 0.611. The number of rotatable bonds is 5. The van der Waals surface area contributed by atoms with Crippen molar-refractivity contribution in [2.45, 2.75) is 19.0 Å². The molecule has 0 saturated carbocycles. The Labute approximate surface area is 166 Å². The van der Waals surface area contributed by atoms with E-state index in [0.717, 1.165) is 6.42 Å². The Balaban J connectivity index is 1.59. The van der Waals surface area contributed by atoms with Crippen LogP contribution in [0.3, 0.4) is 0 Å². The first kappa shape index (κ1) is 20.7. The molecule has 149 valence electrons. The van der Waals surface area contributed by atoms with Crippen LogP contribution in [-0.2, 0) is 10.2 Å². The summed E-state index contributed by atoms with van der Waals surface area (Å²) in [5, 5.41) is 5.31. The van der Waals surface area contributed by atoms with Gasteiger partial charge in [-0.2, -0.15) is 17.0 Å². The Hall–Kier alpha value is -1.03. The zero-order valence-corrected chi connectivity index (χ0v) is 17.3. The summed E-state index contributed by atoms with van der Waals surface area (Å²) < 4.78 is 27.2. The van der Waals surface area contributed by atoms with Crippen LogP contribution in [0.25, 0.3) is 0 Å². The summed E-state index contributed by atoms with van der Waals surface area (Å²) in [7, 11) is -0.280. The lowest BCUT2D eigenvalue weighted by Gasteiger charge is -2.41. The van der Waals surface area contributed by atoms with Crippen LogP contribution in [-0.4, -0.2) is 80.7 Å². The summed E-state index contributed by atoms with van der Waals surface area (Å²) >= 11 is 5.91. The highest BCUT2D eigenvalue weighted by Crippen LogP contribution is 2.25. The molecule has 2 atom stereocenters. The van der Waals surface area contributed by atoms with Crippen molar-refractivity contribution in [3.8, 4) is 0 Å². The van der Waals surface area contributed by atoms with Gasteiger partial charge in [0.05, 0.1) is 6.17 Å². The predicted molar refractivity (Wildman–Crippen MR) is 105 cm³/mol. The van der Waals surface area contributed by atoms with Crippen LogP contribution >= 0.6 is 11.6 Å². The average molecular weight is 414 g/mol. The molecule has 0 amide bonds. The molecule has 0 spiro atoms. The van der Waals surface area contributed by atoms with E-state index in [-0.39, 0.29) is 17.9 Å². The van der Waals surface area contributed by atoms with Gasteiger partial charge in [-0.3, -0.25) is 9.69 Å². The summed E-state index contributed by atoms with van der Waals surface area (Å²) in [5.74, 6) is 0.0811. The molecule has 2 saturated heterocycles. The summed E-state index contributed by atoms with van der Waals surface area (Å²) in [6.07, 6.45) is 1.42. The van der Waals surface area contributed by atoms with Crippen LogP contribution < -0.4 is 5.32 Å². The second-order valence-electron chi connectivity index (χ2n) is 7.20. The molecule has 0 aromatic heterocycles. The van der Waals surface area contributed by atoms with Gasteiger partial charge in [0.15, 0.2) is 5.78 Å². The number of nitrogens with zero attached hydrogens (tertiary/aromatic N) is 4. The van der Waals surface area contributed by atoms with Crippen LogP contribution in [0, 0.1) is 5.92 Å². The predicted octanol–water partition coefficient (Wildman–Crippen LogP) is 1.29. The first-order valence-corrected chi connectivity index (χ1v) is 10.9. The van der Waals surface area contributed by atoms with Crippen molar-refractivity contribution in [2.75, 3.05) is 46.8 Å². The fourth-order valence-corrected chi connectivity index (χ4v) is 4.85. The smallest absolute Gasteiger partial charge is 0.281 e. The first-order chi connectivity index (χ1) is 12.8. The highest BCUT2D eigenvalue weighted by molar-refractivity contribution is 7.86. The zero-order valence-electron chi connectivity index (χ0n) is 15.7. The number of halogens is 1. The maximum atomic E-state index is 12.8. The lowest BCUT2D eigenvalue weighted by Crippen LogP contribution is -2.57. The van der Waals surface area contributed by atoms with Crippen molar-refractivity contribution < 1.29 is 13.2 Å². The maximum absolute atomic E-state index is 12.8. The van der Waals surface area contributed by atoms with Crippen molar-refractivity contribution in [3.63, 3.8) is 0 Å². The molecule has 0 N–H and O–H groups in total. The Bertz CT molecular complexity index is 761. The summed E-state index contributed by atoms with van der Waals surface area (Å²) in [6, 6.07) is 7.03. The van der Waals surface area contributed by atoms with E-state index in [4.69, 9.17) is 16.9 Å². The van der Waals surface area contributed by atoms with Crippen LogP contribution in [0.1, 0.15) is 23.2 Å². The molecule has 3 rings (SSSR count). The average Bonchev–Trinajstić information content (AvgIpc) is 2.68. The van der Waals surface area contributed by atoms with Gasteiger partial charge in [0.1, 0.15) is 0 Å². The van der Waals surface area contributed by atoms with E-state index in [0.29, 0.717) is 49.7 Å². The molecule has 2 aliphatic rings. The van der Waals surface area contributed by atoms with E-state index in [1.54, 1.807) is 38.4 Å². The fourth-order valence-electron chi connectivity index (χ4n) is 3.64. The van der Waals surface area contributed by atoms with Crippen molar-refractivity contribution >= 4 is 27.6 Å². The third-order valence-electron chi connectivity index (χ3n) is 5.29. The number of Topliss-reactive ketones (excluding diaryl/α,β-unsaturated/α-hetero) is 1. The molecule has 1 aromatic carbocycles. The van der Waals surface area contributed by atoms with Gasteiger partial charge in [0, 0.05) is 63.3 Å². The van der Waals surface area contributed by atoms with Gasteiger partial charge in [-0.05, 0) is 37.1 Å². The second kappa shape index (κ2) is 8.55. The van der Waals surface area contributed by atoms with Gasteiger partial charge in [0.25, 0.3) is 10.2 Å². The summed E-state index contributed by atoms with van der Waals surface area (Å²) in [4.78, 5) is 15.0. The number of benzene rings is 1. The number of ketones is 1. The number of carbonyl (C=O) groups is 1. The SMILES string of the molecule is CN(C)S(=O)(=O)N1CCN([C@@H]2CC(C(=O)c3ccc(Cl)cc3)CC[N]2)CC1.